The Labute approximate surface area is 121 Å². The molecule has 0 aliphatic carbocycles. The van der Waals surface area contributed by atoms with E-state index in [1.54, 1.807) is 6.07 Å². The molecule has 0 fully saturated rings. The summed E-state index contributed by atoms with van der Waals surface area (Å²) >= 11 is 0. The molecule has 3 aromatic rings. The Morgan fingerprint density at radius 2 is 2.14 bits per heavy atom. The first-order chi connectivity index (χ1) is 10.2. The molecule has 2 heterocycles. The molecule has 3 rings (SSSR count). The fourth-order valence-corrected chi connectivity index (χ4v) is 2.36. The average molecular weight is 285 g/mol. The molecule has 0 amide bonds. The van der Waals surface area contributed by atoms with E-state index in [0.29, 0.717) is 18.9 Å². The predicted molar refractivity (Wildman–Crippen MR) is 77.9 cm³/mol. The number of nitrogens with zero attached hydrogens (tertiary/aromatic N) is 1. The molecule has 2 aromatic heterocycles. The van der Waals surface area contributed by atoms with Gasteiger partial charge in [0.2, 0.25) is 5.76 Å². The lowest BCUT2D eigenvalue weighted by Crippen LogP contribution is -1.97. The highest BCUT2D eigenvalue weighted by atomic mass is 16.5. The third-order valence-corrected chi connectivity index (χ3v) is 3.27. The maximum atomic E-state index is 10.8. The quantitative estimate of drug-likeness (QED) is 0.780. The summed E-state index contributed by atoms with van der Waals surface area (Å²) in [4.78, 5) is 10.8. The Hall–Kier alpha value is -2.69. The van der Waals surface area contributed by atoms with Crippen molar-refractivity contribution in [1.29, 1.82) is 0 Å². The van der Waals surface area contributed by atoms with E-state index in [4.69, 9.17) is 14.3 Å². The number of hydrogen-bond acceptors (Lipinski definition) is 3. The summed E-state index contributed by atoms with van der Waals surface area (Å²) in [5, 5.41) is 9.91. The van der Waals surface area contributed by atoms with Crippen LogP contribution in [0.4, 0.5) is 0 Å². The van der Waals surface area contributed by atoms with Gasteiger partial charge in [0.1, 0.15) is 11.5 Å². The van der Waals surface area contributed by atoms with Gasteiger partial charge in [-0.25, -0.2) is 4.79 Å². The Morgan fingerprint density at radius 1 is 1.29 bits per heavy atom. The van der Waals surface area contributed by atoms with Gasteiger partial charge in [-0.2, -0.15) is 0 Å². The lowest BCUT2D eigenvalue weighted by atomic mass is 10.2. The second-order valence-electron chi connectivity index (χ2n) is 4.64. The van der Waals surface area contributed by atoms with Gasteiger partial charge < -0.3 is 18.8 Å². The molecule has 0 unspecified atom stereocenters. The summed E-state index contributed by atoms with van der Waals surface area (Å²) < 4.78 is 12.9. The average Bonchev–Trinajstić information content (AvgIpc) is 3.08. The van der Waals surface area contributed by atoms with Gasteiger partial charge in [-0.1, -0.05) is 6.07 Å². The molecule has 5 heteroatoms. The summed E-state index contributed by atoms with van der Waals surface area (Å²) in [6.45, 7) is 3.04. The molecular weight excluding hydrogens is 270 g/mol. The van der Waals surface area contributed by atoms with E-state index in [9.17, 15) is 4.79 Å². The summed E-state index contributed by atoms with van der Waals surface area (Å²) in [6, 6.07) is 11.0. The van der Waals surface area contributed by atoms with Crippen LogP contribution in [0.5, 0.6) is 5.75 Å². The van der Waals surface area contributed by atoms with Crippen LogP contribution in [0, 0.1) is 0 Å². The lowest BCUT2D eigenvalue weighted by molar-refractivity contribution is 0.0660. The summed E-state index contributed by atoms with van der Waals surface area (Å²) in [6.07, 6.45) is 1.94. The van der Waals surface area contributed by atoms with Crippen LogP contribution in [0.15, 0.2) is 47.0 Å². The van der Waals surface area contributed by atoms with E-state index < -0.39 is 5.97 Å². The van der Waals surface area contributed by atoms with E-state index in [0.717, 1.165) is 16.7 Å². The van der Waals surface area contributed by atoms with Crippen molar-refractivity contribution in [2.24, 2.45) is 0 Å². The van der Waals surface area contributed by atoms with Crippen molar-refractivity contribution in [2.75, 3.05) is 6.61 Å². The standard InChI is InChI=1S/C16H15NO4/c1-2-20-14-5-3-4-13-12(14)8-9-17(13)10-11-6-7-15(21-11)16(18)19/h3-9H,2,10H2,1H3,(H,18,19). The van der Waals surface area contributed by atoms with Crippen LogP contribution >= 0.6 is 0 Å². The first kappa shape index (κ1) is 13.3. The third-order valence-electron chi connectivity index (χ3n) is 3.27. The van der Waals surface area contributed by atoms with Gasteiger partial charge in [-0.15, -0.1) is 0 Å². The van der Waals surface area contributed by atoms with E-state index in [2.05, 4.69) is 0 Å². The highest BCUT2D eigenvalue weighted by molar-refractivity contribution is 5.86. The first-order valence-corrected chi connectivity index (χ1v) is 6.71. The molecule has 5 nitrogen and oxygen atoms in total. The third kappa shape index (κ3) is 2.50. The van der Waals surface area contributed by atoms with E-state index in [-0.39, 0.29) is 5.76 Å². The molecule has 0 aliphatic rings. The number of carbonyl (C=O) groups is 1. The smallest absolute Gasteiger partial charge is 0.371 e. The molecule has 1 aromatic carbocycles. The highest BCUT2D eigenvalue weighted by Gasteiger charge is 2.11. The van der Waals surface area contributed by atoms with E-state index in [1.165, 1.54) is 6.07 Å². The van der Waals surface area contributed by atoms with Crippen molar-refractivity contribution in [2.45, 2.75) is 13.5 Å². The fraction of sp³-hybridized carbons (Fsp3) is 0.188. The minimum Gasteiger partial charge on any atom is -0.493 e. The van der Waals surface area contributed by atoms with Crippen molar-refractivity contribution in [3.63, 3.8) is 0 Å². The number of aromatic carboxylic acids is 1. The normalized spacial score (nSPS) is 10.9. The second kappa shape index (κ2) is 5.36. The van der Waals surface area contributed by atoms with Crippen molar-refractivity contribution < 1.29 is 19.1 Å². The number of ether oxygens (including phenoxy) is 1. The lowest BCUT2D eigenvalue weighted by Gasteiger charge is -2.06. The zero-order valence-electron chi connectivity index (χ0n) is 11.6. The van der Waals surface area contributed by atoms with Crippen molar-refractivity contribution in [1.82, 2.24) is 4.57 Å². The molecule has 0 aliphatic heterocycles. The number of rotatable bonds is 5. The molecule has 0 radical (unpaired) electrons. The molecule has 21 heavy (non-hydrogen) atoms. The van der Waals surface area contributed by atoms with Crippen LogP contribution in [0.25, 0.3) is 10.9 Å². The number of fused-ring (bicyclic) bond motifs is 1. The molecular formula is C16H15NO4. The number of carboxylic acid groups (broad SMARTS) is 1. The minimum atomic E-state index is -1.06. The van der Waals surface area contributed by atoms with Crippen LogP contribution in [0.1, 0.15) is 23.2 Å². The van der Waals surface area contributed by atoms with Crippen LogP contribution in [-0.2, 0) is 6.54 Å². The maximum Gasteiger partial charge on any atom is 0.371 e. The molecule has 1 N–H and O–H groups in total. The van der Waals surface area contributed by atoms with Crippen LogP contribution in [0.2, 0.25) is 0 Å². The molecule has 0 saturated carbocycles. The van der Waals surface area contributed by atoms with Gasteiger partial charge in [-0.05, 0) is 37.3 Å². The predicted octanol–water partition coefficient (Wildman–Crippen LogP) is 3.38. The van der Waals surface area contributed by atoms with Crippen molar-refractivity contribution in [3.8, 4) is 5.75 Å². The van der Waals surface area contributed by atoms with Crippen LogP contribution in [-0.4, -0.2) is 22.2 Å². The minimum absolute atomic E-state index is 0.0449. The molecule has 0 spiro atoms. The topological polar surface area (TPSA) is 64.6 Å². The SMILES string of the molecule is CCOc1cccc2c1ccn2Cc1ccc(C(=O)O)o1. The van der Waals surface area contributed by atoms with Crippen molar-refractivity contribution in [3.05, 3.63) is 54.1 Å². The Kier molecular flexibility index (Phi) is 3.39. The van der Waals surface area contributed by atoms with E-state index >= 15 is 0 Å². The van der Waals surface area contributed by atoms with E-state index in [1.807, 2.05) is 42.0 Å². The molecule has 0 saturated heterocycles. The van der Waals surface area contributed by atoms with Gasteiger partial charge in [0.25, 0.3) is 0 Å². The number of benzene rings is 1. The molecule has 108 valence electrons. The Bertz CT molecular complexity index is 785. The number of furan rings is 1. The summed E-state index contributed by atoms with van der Waals surface area (Å²) in [7, 11) is 0. The van der Waals surface area contributed by atoms with Gasteiger partial charge in [-0.3, -0.25) is 0 Å². The van der Waals surface area contributed by atoms with Gasteiger partial charge >= 0.3 is 5.97 Å². The van der Waals surface area contributed by atoms with Crippen LogP contribution < -0.4 is 4.74 Å². The Morgan fingerprint density at radius 3 is 2.86 bits per heavy atom. The monoisotopic (exact) mass is 285 g/mol. The molecule has 0 atom stereocenters. The molecule has 0 bridgehead atoms. The summed E-state index contributed by atoms with van der Waals surface area (Å²) in [5.74, 6) is 0.347. The maximum absolute atomic E-state index is 10.8. The van der Waals surface area contributed by atoms with Gasteiger partial charge in [0, 0.05) is 11.6 Å². The Balaban J connectivity index is 1.93. The fourth-order valence-electron chi connectivity index (χ4n) is 2.36. The zero-order chi connectivity index (χ0) is 14.8. The summed E-state index contributed by atoms with van der Waals surface area (Å²) in [5.41, 5.74) is 1.02. The first-order valence-electron chi connectivity index (χ1n) is 6.71. The highest BCUT2D eigenvalue weighted by Crippen LogP contribution is 2.27. The zero-order valence-corrected chi connectivity index (χ0v) is 11.6. The number of aromatic nitrogens is 1. The van der Waals surface area contributed by atoms with Gasteiger partial charge in [0.15, 0.2) is 0 Å². The number of hydrogen-bond donors (Lipinski definition) is 1. The van der Waals surface area contributed by atoms with Crippen LogP contribution in [0.3, 0.4) is 0 Å². The second-order valence-corrected chi connectivity index (χ2v) is 4.64. The largest absolute Gasteiger partial charge is 0.493 e. The van der Waals surface area contributed by atoms with Crippen molar-refractivity contribution >= 4 is 16.9 Å². The van der Waals surface area contributed by atoms with Gasteiger partial charge in [0.05, 0.1) is 18.7 Å². The number of carboxylic acids is 1.